The van der Waals surface area contributed by atoms with Gasteiger partial charge in [0, 0.05) is 19.0 Å². The number of Topliss-reactive ketones (excluding diaryl/α,β-unsaturated/α-hetero) is 1. The van der Waals surface area contributed by atoms with Gasteiger partial charge in [-0.2, -0.15) is 0 Å². The van der Waals surface area contributed by atoms with Crippen LogP contribution < -0.4 is 0 Å². The second kappa shape index (κ2) is 5.52. The van der Waals surface area contributed by atoms with Crippen LogP contribution in [0.3, 0.4) is 0 Å². The van der Waals surface area contributed by atoms with E-state index in [1.54, 1.807) is 11.8 Å². The Hall–Kier alpha value is -1.06. The summed E-state index contributed by atoms with van der Waals surface area (Å²) in [5.41, 5.74) is -0.455. The zero-order chi connectivity index (χ0) is 13.1. The molecule has 0 aromatic rings. The molecule has 0 aromatic heterocycles. The van der Waals surface area contributed by atoms with Gasteiger partial charge in [-0.25, -0.2) is 4.79 Å². The number of hydrogen-bond donors (Lipinski definition) is 0. The predicted octanol–water partition coefficient (Wildman–Crippen LogP) is 2.61. The molecular weight excluding hydrogens is 218 g/mol. The number of rotatable bonds is 1. The number of nitrogens with zero attached hydrogens (tertiary/aromatic N) is 1. The zero-order valence-electron chi connectivity index (χ0n) is 11.3. The lowest BCUT2D eigenvalue weighted by atomic mass is 9.97. The third-order valence-electron chi connectivity index (χ3n) is 2.95. The molecule has 17 heavy (non-hydrogen) atoms. The number of hydrogen-bond acceptors (Lipinski definition) is 3. The van der Waals surface area contributed by atoms with E-state index in [-0.39, 0.29) is 17.8 Å². The third kappa shape index (κ3) is 4.75. The van der Waals surface area contributed by atoms with Crippen LogP contribution in [-0.4, -0.2) is 35.5 Å². The van der Waals surface area contributed by atoms with E-state index in [2.05, 4.69) is 0 Å². The summed E-state index contributed by atoms with van der Waals surface area (Å²) in [5.74, 6) is 0.346. The lowest BCUT2D eigenvalue weighted by molar-refractivity contribution is -0.121. The molecule has 4 nitrogen and oxygen atoms in total. The molecule has 1 heterocycles. The summed E-state index contributed by atoms with van der Waals surface area (Å²) in [5, 5.41) is 0. The quantitative estimate of drug-likeness (QED) is 0.709. The number of ether oxygens (including phenoxy) is 1. The third-order valence-corrected chi connectivity index (χ3v) is 2.95. The maximum atomic E-state index is 11.9. The summed E-state index contributed by atoms with van der Waals surface area (Å²) in [6.07, 6.45) is 2.26. The van der Waals surface area contributed by atoms with Crippen LogP contribution in [0.4, 0.5) is 4.79 Å². The van der Waals surface area contributed by atoms with Crippen molar-refractivity contribution >= 4 is 11.9 Å². The maximum Gasteiger partial charge on any atom is 0.410 e. The van der Waals surface area contributed by atoms with E-state index in [0.29, 0.717) is 13.1 Å². The molecule has 1 atom stereocenters. The van der Waals surface area contributed by atoms with E-state index >= 15 is 0 Å². The van der Waals surface area contributed by atoms with Crippen LogP contribution in [0.1, 0.15) is 47.0 Å². The molecule has 0 N–H and O–H groups in total. The summed E-state index contributed by atoms with van der Waals surface area (Å²) in [6.45, 7) is 8.54. The minimum atomic E-state index is -0.455. The van der Waals surface area contributed by atoms with Crippen LogP contribution in [0.5, 0.6) is 0 Å². The summed E-state index contributed by atoms with van der Waals surface area (Å²) >= 11 is 0. The molecule has 4 heteroatoms. The Kier molecular flexibility index (Phi) is 4.54. The van der Waals surface area contributed by atoms with Crippen molar-refractivity contribution in [3.05, 3.63) is 0 Å². The minimum absolute atomic E-state index is 0.113. The van der Waals surface area contributed by atoms with E-state index in [4.69, 9.17) is 4.74 Å². The average Bonchev–Trinajstić information content (AvgIpc) is 2.39. The van der Waals surface area contributed by atoms with Crippen molar-refractivity contribution < 1.29 is 14.3 Å². The fraction of sp³-hybridized carbons (Fsp3) is 0.846. The van der Waals surface area contributed by atoms with Gasteiger partial charge in [-0.3, -0.25) is 4.79 Å². The zero-order valence-corrected chi connectivity index (χ0v) is 11.3. The van der Waals surface area contributed by atoms with Crippen LogP contribution in [0.15, 0.2) is 0 Å². The molecule has 0 spiro atoms. The molecule has 0 aliphatic carbocycles. The highest BCUT2D eigenvalue weighted by Crippen LogP contribution is 2.20. The Morgan fingerprint density at radius 1 is 1.18 bits per heavy atom. The standard InChI is InChI=1S/C13H23NO3/c1-10(15)11-6-5-8-14(9-7-11)12(16)17-13(2,3)4/h11H,5-9H2,1-4H3/t11-/m1/s1. The topological polar surface area (TPSA) is 46.6 Å². The average molecular weight is 241 g/mol. The van der Waals surface area contributed by atoms with Gasteiger partial charge in [0.15, 0.2) is 0 Å². The first-order valence-electron chi connectivity index (χ1n) is 6.28. The SMILES string of the molecule is CC(=O)[C@@H]1CCCN(C(=O)OC(C)(C)C)CC1. The van der Waals surface area contributed by atoms with Gasteiger partial charge < -0.3 is 9.64 Å². The van der Waals surface area contributed by atoms with Crippen molar-refractivity contribution in [2.24, 2.45) is 5.92 Å². The fourth-order valence-electron chi connectivity index (χ4n) is 2.01. The van der Waals surface area contributed by atoms with Crippen LogP contribution in [0.25, 0.3) is 0 Å². The van der Waals surface area contributed by atoms with Crippen LogP contribution in [-0.2, 0) is 9.53 Å². The maximum absolute atomic E-state index is 11.9. The van der Waals surface area contributed by atoms with Gasteiger partial charge in [0.25, 0.3) is 0 Å². The van der Waals surface area contributed by atoms with Gasteiger partial charge in [-0.05, 0) is 47.0 Å². The summed E-state index contributed by atoms with van der Waals surface area (Å²) in [4.78, 5) is 24.9. The summed E-state index contributed by atoms with van der Waals surface area (Å²) in [6, 6.07) is 0. The van der Waals surface area contributed by atoms with Crippen molar-refractivity contribution in [3.63, 3.8) is 0 Å². The van der Waals surface area contributed by atoms with Gasteiger partial charge in [0.2, 0.25) is 0 Å². The van der Waals surface area contributed by atoms with Crippen molar-refractivity contribution in [2.75, 3.05) is 13.1 Å². The molecule has 1 fully saturated rings. The molecule has 98 valence electrons. The van der Waals surface area contributed by atoms with Crippen LogP contribution >= 0.6 is 0 Å². The molecule has 0 radical (unpaired) electrons. The number of likely N-dealkylation sites (tertiary alicyclic amines) is 1. The Bertz CT molecular complexity index is 294. The fourth-order valence-corrected chi connectivity index (χ4v) is 2.01. The number of ketones is 1. The first-order chi connectivity index (χ1) is 7.79. The van der Waals surface area contributed by atoms with Crippen LogP contribution in [0, 0.1) is 5.92 Å². The summed E-state index contributed by atoms with van der Waals surface area (Å²) < 4.78 is 5.33. The molecular formula is C13H23NO3. The first-order valence-corrected chi connectivity index (χ1v) is 6.28. The van der Waals surface area contributed by atoms with Gasteiger partial charge in [0.1, 0.15) is 11.4 Å². The highest BCUT2D eigenvalue weighted by molar-refractivity contribution is 5.78. The molecule has 0 saturated carbocycles. The van der Waals surface area contributed by atoms with E-state index in [1.807, 2.05) is 20.8 Å². The first kappa shape index (κ1) is 14.0. The smallest absolute Gasteiger partial charge is 0.410 e. The number of carbonyl (C=O) groups is 2. The minimum Gasteiger partial charge on any atom is -0.444 e. The van der Waals surface area contributed by atoms with Gasteiger partial charge in [-0.15, -0.1) is 0 Å². The van der Waals surface area contributed by atoms with E-state index in [1.165, 1.54) is 0 Å². The van der Waals surface area contributed by atoms with Crippen molar-refractivity contribution in [2.45, 2.75) is 52.6 Å². The van der Waals surface area contributed by atoms with Crippen molar-refractivity contribution in [1.29, 1.82) is 0 Å². The van der Waals surface area contributed by atoms with Gasteiger partial charge >= 0.3 is 6.09 Å². The normalized spacial score (nSPS) is 21.9. The molecule has 1 aliphatic rings. The number of amides is 1. The largest absolute Gasteiger partial charge is 0.444 e. The molecule has 0 aromatic carbocycles. The molecule has 0 bridgehead atoms. The lowest BCUT2D eigenvalue weighted by Crippen LogP contribution is -2.37. The highest BCUT2D eigenvalue weighted by Gasteiger charge is 2.26. The molecule has 1 aliphatic heterocycles. The second-order valence-corrected chi connectivity index (χ2v) is 5.71. The van der Waals surface area contributed by atoms with E-state index in [0.717, 1.165) is 19.3 Å². The Balaban J connectivity index is 2.51. The molecule has 1 amide bonds. The monoisotopic (exact) mass is 241 g/mol. The Labute approximate surface area is 103 Å². The predicted molar refractivity (Wildman–Crippen MR) is 65.8 cm³/mol. The van der Waals surface area contributed by atoms with Crippen molar-refractivity contribution in [3.8, 4) is 0 Å². The van der Waals surface area contributed by atoms with Crippen molar-refractivity contribution in [1.82, 2.24) is 4.90 Å². The summed E-state index contributed by atoms with van der Waals surface area (Å²) in [7, 11) is 0. The van der Waals surface area contributed by atoms with Crippen LogP contribution in [0.2, 0.25) is 0 Å². The highest BCUT2D eigenvalue weighted by atomic mass is 16.6. The van der Waals surface area contributed by atoms with Gasteiger partial charge in [0.05, 0.1) is 0 Å². The van der Waals surface area contributed by atoms with E-state index in [9.17, 15) is 9.59 Å². The van der Waals surface area contributed by atoms with Gasteiger partial charge in [-0.1, -0.05) is 0 Å². The molecule has 1 rings (SSSR count). The molecule has 1 saturated heterocycles. The Morgan fingerprint density at radius 2 is 1.82 bits per heavy atom. The molecule has 0 unspecified atom stereocenters. The van der Waals surface area contributed by atoms with E-state index < -0.39 is 5.60 Å². The second-order valence-electron chi connectivity index (χ2n) is 5.71. The number of carbonyl (C=O) groups excluding carboxylic acids is 2. The lowest BCUT2D eigenvalue weighted by Gasteiger charge is -2.26. The Morgan fingerprint density at radius 3 is 2.35 bits per heavy atom.